The van der Waals surface area contributed by atoms with E-state index in [1.807, 2.05) is 0 Å². The third kappa shape index (κ3) is 7.55. The normalized spacial score (nSPS) is 14.5. The largest absolute Gasteiger partial charge is 0.406 e. The van der Waals surface area contributed by atoms with Crippen LogP contribution in [0.3, 0.4) is 0 Å². The molecule has 0 aromatic carbocycles. The van der Waals surface area contributed by atoms with Crippen molar-refractivity contribution in [1.82, 2.24) is 0 Å². The molecule has 0 spiro atoms. The van der Waals surface area contributed by atoms with E-state index in [0.29, 0.717) is 0 Å². The standard InChI is InChI=1S/C9H18O7/c1-8(11)16-9(12,13-2)7-15-6-5-14-4-3-10/h10,12H,3-7H2,1-2H3. The van der Waals surface area contributed by atoms with Gasteiger partial charge in [0.1, 0.15) is 6.61 Å². The molecular formula is C9H18O7. The van der Waals surface area contributed by atoms with Gasteiger partial charge in [-0.15, -0.1) is 0 Å². The second kappa shape index (κ2) is 8.43. The molecule has 0 amide bonds. The van der Waals surface area contributed by atoms with Crippen molar-refractivity contribution in [2.75, 3.05) is 40.1 Å². The fourth-order valence-electron chi connectivity index (χ4n) is 0.840. The fourth-order valence-corrected chi connectivity index (χ4v) is 0.840. The fraction of sp³-hybridized carbons (Fsp3) is 0.889. The number of rotatable bonds is 9. The molecule has 0 aliphatic rings. The zero-order chi connectivity index (χ0) is 12.4. The molecule has 0 bridgehead atoms. The van der Waals surface area contributed by atoms with Crippen LogP contribution in [-0.2, 0) is 23.7 Å². The summed E-state index contributed by atoms with van der Waals surface area (Å²) in [7, 11) is 1.19. The highest BCUT2D eigenvalue weighted by molar-refractivity contribution is 5.66. The Kier molecular flexibility index (Phi) is 8.04. The van der Waals surface area contributed by atoms with Gasteiger partial charge in [-0.2, -0.15) is 0 Å². The Morgan fingerprint density at radius 2 is 1.88 bits per heavy atom. The van der Waals surface area contributed by atoms with E-state index in [-0.39, 0.29) is 33.0 Å². The Bertz CT molecular complexity index is 196. The summed E-state index contributed by atoms with van der Waals surface area (Å²) in [6, 6.07) is 0. The zero-order valence-corrected chi connectivity index (χ0v) is 9.47. The molecule has 0 fully saturated rings. The predicted molar refractivity (Wildman–Crippen MR) is 52.4 cm³/mol. The van der Waals surface area contributed by atoms with E-state index in [9.17, 15) is 9.90 Å². The van der Waals surface area contributed by atoms with Crippen LogP contribution in [0.2, 0.25) is 0 Å². The van der Waals surface area contributed by atoms with Gasteiger partial charge in [-0.05, 0) is 0 Å². The SMILES string of the molecule is COC(O)(COCCOCCO)OC(C)=O. The number of aliphatic hydroxyl groups excluding tert-OH is 1. The van der Waals surface area contributed by atoms with Crippen LogP contribution in [0, 0.1) is 0 Å². The Balaban J connectivity index is 3.65. The Hall–Kier alpha value is -0.730. The lowest BCUT2D eigenvalue weighted by Crippen LogP contribution is -2.41. The molecule has 1 unspecified atom stereocenters. The molecule has 0 rings (SSSR count). The van der Waals surface area contributed by atoms with Gasteiger partial charge < -0.3 is 29.2 Å². The summed E-state index contributed by atoms with van der Waals surface area (Å²) in [5, 5.41) is 17.9. The first-order valence-electron chi connectivity index (χ1n) is 4.77. The van der Waals surface area contributed by atoms with E-state index in [2.05, 4.69) is 9.47 Å². The van der Waals surface area contributed by atoms with E-state index in [1.165, 1.54) is 7.11 Å². The van der Waals surface area contributed by atoms with Crippen molar-refractivity contribution in [2.24, 2.45) is 0 Å². The van der Waals surface area contributed by atoms with Gasteiger partial charge in [0.2, 0.25) is 0 Å². The summed E-state index contributed by atoms with van der Waals surface area (Å²) in [6.07, 6.45) is 0. The second-order valence-electron chi connectivity index (χ2n) is 2.90. The van der Waals surface area contributed by atoms with Crippen LogP contribution in [0.1, 0.15) is 6.92 Å². The second-order valence-corrected chi connectivity index (χ2v) is 2.90. The Labute approximate surface area is 93.9 Å². The van der Waals surface area contributed by atoms with Crippen LogP contribution >= 0.6 is 0 Å². The van der Waals surface area contributed by atoms with Crippen LogP contribution in [-0.4, -0.2) is 62.3 Å². The molecule has 0 aromatic rings. The van der Waals surface area contributed by atoms with Gasteiger partial charge in [-0.25, -0.2) is 0 Å². The number of ether oxygens (including phenoxy) is 4. The molecule has 0 aliphatic carbocycles. The number of esters is 1. The van der Waals surface area contributed by atoms with Gasteiger partial charge in [0, 0.05) is 14.0 Å². The average Bonchev–Trinajstić information content (AvgIpc) is 2.22. The predicted octanol–water partition coefficient (Wildman–Crippen LogP) is -1.13. The number of carbonyl (C=O) groups is 1. The highest BCUT2D eigenvalue weighted by atomic mass is 16.8. The topological polar surface area (TPSA) is 94.5 Å². The van der Waals surface area contributed by atoms with Gasteiger partial charge in [0.05, 0.1) is 26.4 Å². The van der Waals surface area contributed by atoms with Crippen LogP contribution in [0.4, 0.5) is 0 Å². The Morgan fingerprint density at radius 3 is 2.38 bits per heavy atom. The number of aliphatic hydroxyl groups is 2. The van der Waals surface area contributed by atoms with Crippen molar-refractivity contribution >= 4 is 5.97 Å². The van der Waals surface area contributed by atoms with Crippen molar-refractivity contribution in [2.45, 2.75) is 12.9 Å². The highest BCUT2D eigenvalue weighted by Crippen LogP contribution is 2.08. The summed E-state index contributed by atoms with van der Waals surface area (Å²) in [5.74, 6) is -2.74. The van der Waals surface area contributed by atoms with Gasteiger partial charge in [0.15, 0.2) is 0 Å². The molecule has 2 N–H and O–H groups in total. The molecule has 7 heteroatoms. The van der Waals surface area contributed by atoms with Crippen LogP contribution in [0.5, 0.6) is 0 Å². The smallest absolute Gasteiger partial charge is 0.351 e. The minimum atomic E-state index is -2.07. The number of hydrogen-bond acceptors (Lipinski definition) is 7. The molecule has 1 atom stereocenters. The molecule has 0 saturated heterocycles. The summed E-state index contributed by atoms with van der Waals surface area (Å²) in [5.41, 5.74) is 0. The maximum Gasteiger partial charge on any atom is 0.351 e. The van der Waals surface area contributed by atoms with Crippen molar-refractivity contribution < 1.29 is 34.0 Å². The number of carbonyl (C=O) groups excluding carboxylic acids is 1. The van der Waals surface area contributed by atoms with E-state index in [4.69, 9.17) is 14.6 Å². The molecule has 16 heavy (non-hydrogen) atoms. The van der Waals surface area contributed by atoms with Gasteiger partial charge in [-0.1, -0.05) is 0 Å². The lowest BCUT2D eigenvalue weighted by Gasteiger charge is -2.24. The quantitative estimate of drug-likeness (QED) is 0.298. The van der Waals surface area contributed by atoms with E-state index < -0.39 is 11.9 Å². The number of hydrogen-bond donors (Lipinski definition) is 2. The van der Waals surface area contributed by atoms with Crippen LogP contribution in [0.25, 0.3) is 0 Å². The lowest BCUT2D eigenvalue weighted by atomic mass is 10.5. The molecule has 0 heterocycles. The summed E-state index contributed by atoms with van der Waals surface area (Å²) < 4.78 is 19.0. The van der Waals surface area contributed by atoms with Crippen LogP contribution < -0.4 is 0 Å². The van der Waals surface area contributed by atoms with Crippen LogP contribution in [0.15, 0.2) is 0 Å². The maximum absolute atomic E-state index is 10.6. The molecule has 0 radical (unpaired) electrons. The van der Waals surface area contributed by atoms with Gasteiger partial charge >= 0.3 is 11.9 Å². The minimum Gasteiger partial charge on any atom is -0.406 e. The monoisotopic (exact) mass is 238 g/mol. The third-order valence-corrected chi connectivity index (χ3v) is 1.51. The first kappa shape index (κ1) is 15.3. The Morgan fingerprint density at radius 1 is 1.25 bits per heavy atom. The van der Waals surface area contributed by atoms with Crippen molar-refractivity contribution in [3.05, 3.63) is 0 Å². The molecule has 7 nitrogen and oxygen atoms in total. The summed E-state index contributed by atoms with van der Waals surface area (Å²) in [4.78, 5) is 10.6. The zero-order valence-electron chi connectivity index (χ0n) is 9.47. The minimum absolute atomic E-state index is 0.0601. The highest BCUT2D eigenvalue weighted by Gasteiger charge is 2.30. The first-order valence-corrected chi connectivity index (χ1v) is 4.77. The third-order valence-electron chi connectivity index (χ3n) is 1.51. The molecule has 0 saturated carbocycles. The van der Waals surface area contributed by atoms with Crippen molar-refractivity contribution in [3.63, 3.8) is 0 Å². The summed E-state index contributed by atoms with van der Waals surface area (Å²) >= 11 is 0. The summed E-state index contributed by atoms with van der Waals surface area (Å²) in [6.45, 7) is 1.45. The molecule has 96 valence electrons. The lowest BCUT2D eigenvalue weighted by molar-refractivity contribution is -0.348. The molecular weight excluding hydrogens is 220 g/mol. The van der Waals surface area contributed by atoms with Crippen molar-refractivity contribution in [1.29, 1.82) is 0 Å². The van der Waals surface area contributed by atoms with E-state index in [0.717, 1.165) is 6.92 Å². The van der Waals surface area contributed by atoms with E-state index in [1.54, 1.807) is 0 Å². The van der Waals surface area contributed by atoms with Gasteiger partial charge in [0.25, 0.3) is 0 Å². The molecule has 0 aliphatic heterocycles. The van der Waals surface area contributed by atoms with Gasteiger partial charge in [-0.3, -0.25) is 4.79 Å². The average molecular weight is 238 g/mol. The molecule has 0 aromatic heterocycles. The van der Waals surface area contributed by atoms with E-state index >= 15 is 0 Å². The van der Waals surface area contributed by atoms with Crippen molar-refractivity contribution in [3.8, 4) is 0 Å². The first-order chi connectivity index (χ1) is 7.54. The maximum atomic E-state index is 10.6. The number of methoxy groups -OCH3 is 1.